The van der Waals surface area contributed by atoms with E-state index in [4.69, 9.17) is 0 Å². The van der Waals surface area contributed by atoms with Crippen molar-refractivity contribution >= 4 is 29.1 Å². The molecule has 0 saturated carbocycles. The Bertz CT molecular complexity index is 252. The van der Waals surface area contributed by atoms with E-state index in [2.05, 4.69) is 18.5 Å². The van der Waals surface area contributed by atoms with Crippen molar-refractivity contribution in [2.45, 2.75) is 0 Å². The first-order chi connectivity index (χ1) is 5.79. The van der Waals surface area contributed by atoms with Crippen LogP contribution >= 0.6 is 18.5 Å². The zero-order chi connectivity index (χ0) is 8.81. The second-order valence-electron chi connectivity index (χ2n) is 2.44. The van der Waals surface area contributed by atoms with E-state index in [1.54, 1.807) is 0 Å². The molecule has 0 radical (unpaired) electrons. The van der Waals surface area contributed by atoms with E-state index in [0.717, 1.165) is 0 Å². The van der Waals surface area contributed by atoms with Crippen LogP contribution in [-0.4, -0.2) is 0 Å². The monoisotopic (exact) mass is 250 g/mol. The third-order valence-corrected chi connectivity index (χ3v) is 2.15. The van der Waals surface area contributed by atoms with Gasteiger partial charge in [-0.05, 0) is 0 Å². The topological polar surface area (TPSA) is 0 Å². The van der Waals surface area contributed by atoms with Gasteiger partial charge in [-0.3, -0.25) is 0 Å². The predicted octanol–water partition coefficient (Wildman–Crippen LogP) is 1.81. The molecule has 2 aromatic rings. The maximum absolute atomic E-state index is 2.62. The van der Waals surface area contributed by atoms with E-state index in [1.807, 2.05) is 48.5 Å². The van der Waals surface area contributed by atoms with Gasteiger partial charge in [-0.2, -0.15) is 42.7 Å². The Morgan fingerprint density at radius 1 is 0.615 bits per heavy atom. The minimum atomic E-state index is 0. The van der Waals surface area contributed by atoms with Crippen molar-refractivity contribution < 1.29 is 17.1 Å². The summed E-state index contributed by atoms with van der Waals surface area (Å²) in [6, 6.07) is 16.2. The molecular formula is C10H12FeP2. The van der Waals surface area contributed by atoms with Gasteiger partial charge in [-0.25, -0.2) is 24.3 Å². The quantitative estimate of drug-likeness (QED) is 0.380. The summed E-state index contributed by atoms with van der Waals surface area (Å²) in [6.07, 6.45) is 0. The molecule has 0 fully saturated rings. The Morgan fingerprint density at radius 3 is 0.923 bits per heavy atom. The molecule has 2 aromatic carbocycles. The van der Waals surface area contributed by atoms with Gasteiger partial charge in [0.25, 0.3) is 0 Å². The molecule has 0 aromatic heterocycles. The van der Waals surface area contributed by atoms with Gasteiger partial charge in [0, 0.05) is 0 Å². The Kier molecular flexibility index (Phi) is 7.53. The van der Waals surface area contributed by atoms with Crippen molar-refractivity contribution in [1.82, 2.24) is 0 Å². The van der Waals surface area contributed by atoms with Crippen molar-refractivity contribution in [2.75, 3.05) is 0 Å². The standard InChI is InChI=1S/2C5H6P.Fe/c2*6-5-3-1-2-4-5;/h2*1-4H,6H2;/q2*-1;+2. The molecule has 0 saturated heterocycles. The first kappa shape index (κ1) is 13.1. The number of rotatable bonds is 0. The van der Waals surface area contributed by atoms with Crippen LogP contribution in [0.1, 0.15) is 0 Å². The zero-order valence-corrected chi connectivity index (χ0v) is 10.5. The molecule has 3 heteroatoms. The molecule has 0 spiro atoms. The molecule has 2 rings (SSSR count). The largest absolute Gasteiger partial charge is 2.00 e. The smallest absolute Gasteiger partial charge is 0.213 e. The third-order valence-electron chi connectivity index (χ3n) is 1.38. The summed E-state index contributed by atoms with van der Waals surface area (Å²) in [5.41, 5.74) is 0. The van der Waals surface area contributed by atoms with Crippen LogP contribution in [0.4, 0.5) is 0 Å². The van der Waals surface area contributed by atoms with Gasteiger partial charge >= 0.3 is 17.1 Å². The maximum Gasteiger partial charge on any atom is 2.00 e. The molecule has 0 aliphatic heterocycles. The van der Waals surface area contributed by atoms with Crippen molar-refractivity contribution in [2.24, 2.45) is 0 Å². The molecule has 70 valence electrons. The Morgan fingerprint density at radius 2 is 0.846 bits per heavy atom. The van der Waals surface area contributed by atoms with Gasteiger partial charge in [-0.1, -0.05) is 0 Å². The molecule has 0 bridgehead atoms. The normalized spacial score (nSPS) is 8.15. The van der Waals surface area contributed by atoms with Crippen LogP contribution in [0.25, 0.3) is 0 Å². The van der Waals surface area contributed by atoms with E-state index >= 15 is 0 Å². The summed E-state index contributed by atoms with van der Waals surface area (Å²) in [7, 11) is 5.23. The summed E-state index contributed by atoms with van der Waals surface area (Å²) in [4.78, 5) is 0. The van der Waals surface area contributed by atoms with Crippen molar-refractivity contribution in [3.63, 3.8) is 0 Å². The average Bonchev–Trinajstić information content (AvgIpc) is 2.63. The SMILES string of the molecule is P[c-]1cccc1.P[c-]1cccc1.[Fe+2]. The molecule has 0 heterocycles. The van der Waals surface area contributed by atoms with E-state index in [-0.39, 0.29) is 17.1 Å². The van der Waals surface area contributed by atoms with Crippen molar-refractivity contribution in [3.05, 3.63) is 48.5 Å². The summed E-state index contributed by atoms with van der Waals surface area (Å²) in [6.45, 7) is 0. The van der Waals surface area contributed by atoms with E-state index in [9.17, 15) is 0 Å². The van der Waals surface area contributed by atoms with Gasteiger partial charge in [0.2, 0.25) is 0 Å². The predicted molar refractivity (Wildman–Crippen MR) is 62.8 cm³/mol. The van der Waals surface area contributed by atoms with Crippen LogP contribution in [0.15, 0.2) is 48.5 Å². The fraction of sp³-hybridized carbons (Fsp3) is 0. The molecule has 2 atom stereocenters. The number of hydrogen-bond donors (Lipinski definition) is 0. The molecule has 0 amide bonds. The fourth-order valence-electron chi connectivity index (χ4n) is 0.778. The summed E-state index contributed by atoms with van der Waals surface area (Å²) in [5.74, 6) is 0. The summed E-state index contributed by atoms with van der Waals surface area (Å²) in [5, 5.41) is 2.52. The Labute approximate surface area is 94.7 Å². The number of hydrogen-bond acceptors (Lipinski definition) is 0. The minimum absolute atomic E-state index is 0. The third kappa shape index (κ3) is 6.19. The second-order valence-corrected chi connectivity index (χ2v) is 3.77. The first-order valence-electron chi connectivity index (χ1n) is 3.73. The maximum atomic E-state index is 2.62. The first-order valence-corrected chi connectivity index (χ1v) is 4.89. The van der Waals surface area contributed by atoms with E-state index in [0.29, 0.717) is 0 Å². The van der Waals surface area contributed by atoms with Crippen LogP contribution < -0.4 is 10.6 Å². The minimum Gasteiger partial charge on any atom is -0.213 e. The molecule has 2 unspecified atom stereocenters. The van der Waals surface area contributed by atoms with Gasteiger partial charge in [0.05, 0.1) is 0 Å². The van der Waals surface area contributed by atoms with Gasteiger partial charge < -0.3 is 0 Å². The van der Waals surface area contributed by atoms with Crippen molar-refractivity contribution in [3.8, 4) is 0 Å². The summed E-state index contributed by atoms with van der Waals surface area (Å²) < 4.78 is 0. The van der Waals surface area contributed by atoms with Gasteiger partial charge in [0.1, 0.15) is 0 Å². The Balaban J connectivity index is 0.000000206. The fourth-order valence-corrected chi connectivity index (χ4v) is 1.22. The molecule has 13 heavy (non-hydrogen) atoms. The summed E-state index contributed by atoms with van der Waals surface area (Å²) >= 11 is 0. The molecule has 0 aliphatic rings. The Hall–Kier alpha value is 0.0795. The van der Waals surface area contributed by atoms with Crippen LogP contribution in [0.5, 0.6) is 0 Å². The van der Waals surface area contributed by atoms with Crippen LogP contribution in [0.3, 0.4) is 0 Å². The van der Waals surface area contributed by atoms with Gasteiger partial charge in [0.15, 0.2) is 0 Å². The molecule has 0 nitrogen and oxygen atoms in total. The van der Waals surface area contributed by atoms with E-state index in [1.165, 1.54) is 10.6 Å². The molecular weight excluding hydrogens is 238 g/mol. The zero-order valence-electron chi connectivity index (χ0n) is 7.13. The van der Waals surface area contributed by atoms with E-state index < -0.39 is 0 Å². The van der Waals surface area contributed by atoms with Gasteiger partial charge in [-0.15, -0.1) is 10.6 Å². The van der Waals surface area contributed by atoms with Crippen LogP contribution in [-0.2, 0) is 17.1 Å². The second kappa shape index (κ2) is 7.48. The average molecular weight is 250 g/mol. The van der Waals surface area contributed by atoms with Crippen LogP contribution in [0, 0.1) is 0 Å². The molecule has 0 aliphatic carbocycles. The van der Waals surface area contributed by atoms with Crippen molar-refractivity contribution in [1.29, 1.82) is 0 Å². The molecule has 0 N–H and O–H groups in total. The van der Waals surface area contributed by atoms with Crippen LogP contribution in [0.2, 0.25) is 0 Å².